The van der Waals surface area contributed by atoms with Crippen LogP contribution in [-0.2, 0) is 11.4 Å². The molecule has 0 N–H and O–H groups in total. The Labute approximate surface area is 214 Å². The molecule has 0 spiro atoms. The van der Waals surface area contributed by atoms with Crippen LogP contribution in [0.4, 0.5) is 0 Å². The summed E-state index contributed by atoms with van der Waals surface area (Å²) in [6.45, 7) is 13.1. The van der Waals surface area contributed by atoms with E-state index in [1.165, 1.54) is 17.3 Å². The monoisotopic (exact) mass is 578 g/mol. The molecule has 0 aromatic heterocycles. The lowest BCUT2D eigenvalue weighted by Gasteiger charge is -2.20. The average Bonchev–Trinajstić information content (AvgIpc) is 3.03. The number of hydrogen-bond donors (Lipinski definition) is 0. The van der Waals surface area contributed by atoms with Gasteiger partial charge in [0, 0.05) is 12.1 Å². The molecule has 0 unspecified atom stereocenters. The molecule has 33 heavy (non-hydrogen) atoms. The Balaban J connectivity index is 1.90. The van der Waals surface area contributed by atoms with Crippen molar-refractivity contribution in [3.8, 4) is 11.5 Å². The van der Waals surface area contributed by atoms with Crippen molar-refractivity contribution < 1.29 is 14.3 Å². The number of aliphatic imine (C=N–C) groups is 1. The molecule has 0 atom stereocenters. The van der Waals surface area contributed by atoms with Gasteiger partial charge >= 0.3 is 0 Å². The van der Waals surface area contributed by atoms with Gasteiger partial charge in [-0.1, -0.05) is 29.8 Å². The first-order valence-electron chi connectivity index (χ1n) is 11.1. The highest BCUT2D eigenvalue weighted by Gasteiger charge is 2.35. The van der Waals surface area contributed by atoms with Crippen molar-refractivity contribution in [2.24, 2.45) is 4.99 Å². The van der Waals surface area contributed by atoms with Crippen molar-refractivity contribution in [2.75, 3.05) is 6.61 Å². The third kappa shape index (κ3) is 6.53. The first kappa shape index (κ1) is 25.6. The molecule has 1 fully saturated rings. The molecule has 0 radical (unpaired) electrons. The highest BCUT2D eigenvalue weighted by molar-refractivity contribution is 14.1. The predicted molar refractivity (Wildman–Crippen MR) is 146 cm³/mol. The highest BCUT2D eigenvalue weighted by atomic mass is 127. The van der Waals surface area contributed by atoms with Crippen LogP contribution in [0.5, 0.6) is 11.5 Å². The highest BCUT2D eigenvalue weighted by Crippen LogP contribution is 2.38. The van der Waals surface area contributed by atoms with Gasteiger partial charge in [0.2, 0.25) is 0 Å². The SMILES string of the molecule is CCOc1cc(/C=C2/SC(=NC(C)C)N(C(C)C)C2=O)cc(I)c1OCc1ccc(C)cc1. The van der Waals surface area contributed by atoms with Crippen molar-refractivity contribution in [3.63, 3.8) is 0 Å². The first-order valence-corrected chi connectivity index (χ1v) is 13.0. The molecule has 0 saturated carbocycles. The second-order valence-electron chi connectivity index (χ2n) is 8.42. The zero-order valence-electron chi connectivity index (χ0n) is 20.0. The standard InChI is InChI=1S/C26H31IN2O3S/c1-7-31-22-13-20(12-21(27)24(22)32-15-19-10-8-18(6)9-11-19)14-23-25(30)29(17(4)5)26(33-23)28-16(2)3/h8-14,16-17H,7,15H2,1-6H3/b23-14+,28-26?. The summed E-state index contributed by atoms with van der Waals surface area (Å²) >= 11 is 3.70. The quantitative estimate of drug-likeness (QED) is 0.260. The summed E-state index contributed by atoms with van der Waals surface area (Å²) in [5.41, 5.74) is 3.22. The minimum Gasteiger partial charge on any atom is -0.490 e. The molecule has 7 heteroatoms. The van der Waals surface area contributed by atoms with E-state index in [9.17, 15) is 4.79 Å². The number of ether oxygens (including phenoxy) is 2. The van der Waals surface area contributed by atoms with Crippen LogP contribution >= 0.6 is 34.4 Å². The molecule has 1 saturated heterocycles. The van der Waals surface area contributed by atoms with Gasteiger partial charge in [0.05, 0.1) is 15.1 Å². The molecule has 5 nitrogen and oxygen atoms in total. The number of aryl methyl sites for hydroxylation is 1. The second-order valence-corrected chi connectivity index (χ2v) is 10.6. The van der Waals surface area contributed by atoms with E-state index < -0.39 is 0 Å². The molecular weight excluding hydrogens is 547 g/mol. The van der Waals surface area contributed by atoms with Crippen molar-refractivity contribution in [3.05, 3.63) is 61.6 Å². The van der Waals surface area contributed by atoms with Gasteiger partial charge in [-0.25, -0.2) is 0 Å². The number of amides is 1. The summed E-state index contributed by atoms with van der Waals surface area (Å²) in [6.07, 6.45) is 1.92. The van der Waals surface area contributed by atoms with Crippen LogP contribution in [-0.4, -0.2) is 34.7 Å². The fourth-order valence-corrected chi connectivity index (χ4v) is 5.33. The number of thioether (sulfide) groups is 1. The van der Waals surface area contributed by atoms with E-state index in [1.54, 1.807) is 4.90 Å². The van der Waals surface area contributed by atoms with Crippen LogP contribution in [0.1, 0.15) is 51.3 Å². The van der Waals surface area contributed by atoms with Crippen molar-refractivity contribution in [2.45, 2.75) is 60.2 Å². The van der Waals surface area contributed by atoms with Crippen LogP contribution in [0.15, 0.2) is 46.3 Å². The maximum atomic E-state index is 13.1. The van der Waals surface area contributed by atoms with E-state index in [0.29, 0.717) is 23.9 Å². The topological polar surface area (TPSA) is 51.1 Å². The predicted octanol–water partition coefficient (Wildman–Crippen LogP) is 6.67. The molecule has 1 amide bonds. The van der Waals surface area contributed by atoms with Gasteiger partial charge in [0.25, 0.3) is 5.91 Å². The number of hydrogen-bond acceptors (Lipinski definition) is 5. The van der Waals surface area contributed by atoms with E-state index in [-0.39, 0.29) is 18.0 Å². The Hall–Kier alpha value is -2.00. The normalized spacial score (nSPS) is 16.5. The number of carbonyl (C=O) groups is 1. The summed E-state index contributed by atoms with van der Waals surface area (Å²) in [5.74, 6) is 1.38. The molecule has 176 valence electrons. The summed E-state index contributed by atoms with van der Waals surface area (Å²) in [5, 5.41) is 0.758. The zero-order chi connectivity index (χ0) is 24.1. The fraction of sp³-hybridized carbons (Fsp3) is 0.385. The molecule has 3 rings (SSSR count). The average molecular weight is 579 g/mol. The molecular formula is C26H31IN2O3S. The Kier molecular flexibility index (Phi) is 8.87. The molecule has 0 aliphatic carbocycles. The van der Waals surface area contributed by atoms with Gasteiger partial charge in [-0.05, 0) is 105 Å². The third-order valence-corrected chi connectivity index (χ3v) is 6.65. The van der Waals surface area contributed by atoms with E-state index in [0.717, 1.165) is 25.6 Å². The first-order chi connectivity index (χ1) is 15.7. The number of nitrogens with zero attached hydrogens (tertiary/aromatic N) is 2. The lowest BCUT2D eigenvalue weighted by Crippen LogP contribution is -2.35. The van der Waals surface area contributed by atoms with Gasteiger partial charge in [0.1, 0.15) is 6.61 Å². The summed E-state index contributed by atoms with van der Waals surface area (Å²) in [7, 11) is 0. The molecule has 2 aromatic carbocycles. The van der Waals surface area contributed by atoms with Crippen LogP contribution in [0.2, 0.25) is 0 Å². The number of rotatable bonds is 8. The van der Waals surface area contributed by atoms with Gasteiger partial charge < -0.3 is 9.47 Å². The summed E-state index contributed by atoms with van der Waals surface area (Å²) < 4.78 is 13.0. The van der Waals surface area contributed by atoms with Crippen LogP contribution < -0.4 is 9.47 Å². The number of carbonyl (C=O) groups excluding carboxylic acids is 1. The molecule has 1 aliphatic heterocycles. The number of halogens is 1. The van der Waals surface area contributed by atoms with E-state index in [4.69, 9.17) is 9.47 Å². The number of benzene rings is 2. The van der Waals surface area contributed by atoms with E-state index in [2.05, 4.69) is 58.8 Å². The van der Waals surface area contributed by atoms with Crippen molar-refractivity contribution >= 4 is 51.5 Å². The lowest BCUT2D eigenvalue weighted by atomic mass is 10.1. The minimum atomic E-state index is -0.0120. The van der Waals surface area contributed by atoms with Gasteiger partial charge in [-0.2, -0.15) is 0 Å². The van der Waals surface area contributed by atoms with Crippen LogP contribution in [0, 0.1) is 10.5 Å². The van der Waals surface area contributed by atoms with E-state index >= 15 is 0 Å². The second kappa shape index (κ2) is 11.4. The molecule has 2 aromatic rings. The maximum Gasteiger partial charge on any atom is 0.266 e. The summed E-state index contributed by atoms with van der Waals surface area (Å²) in [6, 6.07) is 12.4. The largest absolute Gasteiger partial charge is 0.490 e. The van der Waals surface area contributed by atoms with Gasteiger partial charge in [-0.3, -0.25) is 14.7 Å². The van der Waals surface area contributed by atoms with Crippen LogP contribution in [0.25, 0.3) is 6.08 Å². The van der Waals surface area contributed by atoms with Gasteiger partial charge in [-0.15, -0.1) is 0 Å². The van der Waals surface area contributed by atoms with Crippen molar-refractivity contribution in [1.82, 2.24) is 4.90 Å². The van der Waals surface area contributed by atoms with Crippen LogP contribution in [0.3, 0.4) is 0 Å². The van der Waals surface area contributed by atoms with Gasteiger partial charge in [0.15, 0.2) is 16.7 Å². The number of amidine groups is 1. The Morgan fingerprint density at radius 3 is 2.42 bits per heavy atom. The molecule has 0 bridgehead atoms. The Morgan fingerprint density at radius 2 is 1.82 bits per heavy atom. The molecule has 1 aliphatic rings. The fourth-order valence-electron chi connectivity index (χ4n) is 3.32. The lowest BCUT2D eigenvalue weighted by molar-refractivity contribution is -0.123. The maximum absolute atomic E-state index is 13.1. The minimum absolute atomic E-state index is 0.0120. The van der Waals surface area contributed by atoms with Crippen molar-refractivity contribution in [1.29, 1.82) is 0 Å². The zero-order valence-corrected chi connectivity index (χ0v) is 23.0. The van der Waals surface area contributed by atoms with E-state index in [1.807, 2.05) is 52.8 Å². The summed E-state index contributed by atoms with van der Waals surface area (Å²) in [4.78, 5) is 20.2. The molecule has 1 heterocycles. The smallest absolute Gasteiger partial charge is 0.266 e. The Bertz CT molecular complexity index is 1060. The third-order valence-electron chi connectivity index (χ3n) is 4.86. The Morgan fingerprint density at radius 1 is 1.12 bits per heavy atom.